The first kappa shape index (κ1) is 20.0. The second-order valence-corrected chi connectivity index (χ2v) is 6.80. The molecule has 0 heterocycles. The van der Waals surface area contributed by atoms with Crippen LogP contribution in [-0.2, 0) is 6.42 Å². The van der Waals surface area contributed by atoms with E-state index in [2.05, 4.69) is 6.92 Å². The van der Waals surface area contributed by atoms with E-state index >= 15 is 0 Å². The first-order valence-electron chi connectivity index (χ1n) is 9.46. The van der Waals surface area contributed by atoms with Crippen molar-refractivity contribution in [2.45, 2.75) is 32.6 Å². The van der Waals surface area contributed by atoms with Gasteiger partial charge < -0.3 is 4.74 Å². The lowest BCUT2D eigenvalue weighted by Gasteiger charge is -2.09. The molecule has 0 unspecified atom stereocenters. The van der Waals surface area contributed by atoms with E-state index in [9.17, 15) is 13.2 Å². The Hall–Kier alpha value is -2.75. The van der Waals surface area contributed by atoms with Crippen LogP contribution in [0.1, 0.15) is 42.9 Å². The van der Waals surface area contributed by atoms with E-state index < -0.39 is 17.5 Å². The van der Waals surface area contributed by atoms with Crippen molar-refractivity contribution in [1.29, 1.82) is 0 Å². The molecule has 0 bridgehead atoms. The van der Waals surface area contributed by atoms with Crippen LogP contribution in [0.4, 0.5) is 13.2 Å². The number of ether oxygens (including phenoxy) is 1. The highest BCUT2D eigenvalue weighted by molar-refractivity contribution is 5.91. The molecule has 0 aliphatic rings. The standard InChI is InChI=1S/C24H23F3O/c1-3-4-5-6-16-7-13-20-18(15-16)10-14-21(23(20)26)24(27)22(25)17-8-11-19(28-2)12-9-17/h7-15H,3-6H2,1-2H3. The van der Waals surface area contributed by atoms with Crippen LogP contribution in [0.15, 0.2) is 54.6 Å². The lowest BCUT2D eigenvalue weighted by atomic mass is 9.99. The minimum absolute atomic E-state index is 0.0315. The van der Waals surface area contributed by atoms with Gasteiger partial charge in [0.25, 0.3) is 0 Å². The second-order valence-electron chi connectivity index (χ2n) is 6.80. The van der Waals surface area contributed by atoms with Crippen molar-refractivity contribution in [2.24, 2.45) is 0 Å². The molecule has 0 aliphatic heterocycles. The molecule has 0 amide bonds. The zero-order chi connectivity index (χ0) is 20.1. The van der Waals surface area contributed by atoms with Gasteiger partial charge in [-0.2, -0.15) is 0 Å². The first-order chi connectivity index (χ1) is 13.5. The van der Waals surface area contributed by atoms with E-state index in [0.29, 0.717) is 11.1 Å². The van der Waals surface area contributed by atoms with Crippen molar-refractivity contribution in [2.75, 3.05) is 7.11 Å². The lowest BCUT2D eigenvalue weighted by molar-refractivity contribution is 0.414. The van der Waals surface area contributed by atoms with Gasteiger partial charge in [0.2, 0.25) is 0 Å². The van der Waals surface area contributed by atoms with Crippen LogP contribution in [-0.4, -0.2) is 7.11 Å². The molecule has 0 aromatic heterocycles. The zero-order valence-electron chi connectivity index (χ0n) is 16.1. The highest BCUT2D eigenvalue weighted by Gasteiger charge is 2.17. The van der Waals surface area contributed by atoms with E-state index in [0.717, 1.165) is 31.2 Å². The van der Waals surface area contributed by atoms with Crippen LogP contribution < -0.4 is 4.74 Å². The molecule has 3 rings (SSSR count). The van der Waals surface area contributed by atoms with Crippen molar-refractivity contribution in [1.82, 2.24) is 0 Å². The molecule has 4 heteroatoms. The van der Waals surface area contributed by atoms with E-state index in [1.54, 1.807) is 12.1 Å². The van der Waals surface area contributed by atoms with Crippen LogP contribution >= 0.6 is 0 Å². The van der Waals surface area contributed by atoms with Crippen molar-refractivity contribution in [3.8, 4) is 5.75 Å². The average Bonchev–Trinajstić information content (AvgIpc) is 2.73. The summed E-state index contributed by atoms with van der Waals surface area (Å²) in [7, 11) is 1.49. The molecule has 0 radical (unpaired) electrons. The van der Waals surface area contributed by atoms with E-state index in [1.165, 1.54) is 37.4 Å². The first-order valence-corrected chi connectivity index (χ1v) is 9.46. The molecular formula is C24H23F3O. The minimum atomic E-state index is -1.21. The summed E-state index contributed by atoms with van der Waals surface area (Å²) in [5.41, 5.74) is 0.775. The maximum Gasteiger partial charge on any atom is 0.169 e. The van der Waals surface area contributed by atoms with Gasteiger partial charge in [-0.05, 0) is 54.1 Å². The maximum atomic E-state index is 14.9. The number of rotatable bonds is 7. The summed E-state index contributed by atoms with van der Waals surface area (Å²) in [4.78, 5) is 0. The average molecular weight is 384 g/mol. The molecule has 1 nitrogen and oxygen atoms in total. The van der Waals surface area contributed by atoms with Gasteiger partial charge in [0, 0.05) is 16.5 Å². The molecule has 3 aromatic rings. The summed E-state index contributed by atoms with van der Waals surface area (Å²) < 4.78 is 49.2. The van der Waals surface area contributed by atoms with Crippen molar-refractivity contribution >= 4 is 22.4 Å². The van der Waals surface area contributed by atoms with Gasteiger partial charge in [0.05, 0.1) is 7.11 Å². The molecular weight excluding hydrogens is 361 g/mol. The SMILES string of the molecule is CCCCCc1ccc2c(F)c(C(F)=C(F)c3ccc(OC)cc3)ccc2c1. The fourth-order valence-corrected chi connectivity index (χ4v) is 3.23. The Labute approximate surface area is 163 Å². The monoisotopic (exact) mass is 384 g/mol. The molecule has 0 N–H and O–H groups in total. The van der Waals surface area contributed by atoms with Gasteiger partial charge in [-0.3, -0.25) is 0 Å². The fraction of sp³-hybridized carbons (Fsp3) is 0.250. The second kappa shape index (κ2) is 8.96. The molecule has 0 saturated heterocycles. The lowest BCUT2D eigenvalue weighted by Crippen LogP contribution is -1.93. The molecule has 0 atom stereocenters. The molecule has 0 fully saturated rings. The topological polar surface area (TPSA) is 9.23 Å². The smallest absolute Gasteiger partial charge is 0.169 e. The molecule has 28 heavy (non-hydrogen) atoms. The summed E-state index contributed by atoms with van der Waals surface area (Å²) in [5.74, 6) is -2.53. The fourth-order valence-electron chi connectivity index (χ4n) is 3.23. The number of halogens is 3. The molecule has 3 aromatic carbocycles. The molecule has 146 valence electrons. The Morgan fingerprint density at radius 3 is 2.32 bits per heavy atom. The van der Waals surface area contributed by atoms with Crippen LogP contribution in [0.2, 0.25) is 0 Å². The van der Waals surface area contributed by atoms with E-state index in [1.807, 2.05) is 12.1 Å². The normalized spacial score (nSPS) is 12.2. The van der Waals surface area contributed by atoms with Gasteiger partial charge in [-0.25, -0.2) is 13.2 Å². The van der Waals surface area contributed by atoms with Crippen molar-refractivity contribution < 1.29 is 17.9 Å². The zero-order valence-corrected chi connectivity index (χ0v) is 16.1. The number of hydrogen-bond acceptors (Lipinski definition) is 1. The third-order valence-corrected chi connectivity index (χ3v) is 4.86. The summed E-state index contributed by atoms with van der Waals surface area (Å²) >= 11 is 0. The Morgan fingerprint density at radius 1 is 0.893 bits per heavy atom. The molecule has 0 spiro atoms. The summed E-state index contributed by atoms with van der Waals surface area (Å²) in [6.07, 6.45) is 4.28. The van der Waals surface area contributed by atoms with Crippen LogP contribution in [0.3, 0.4) is 0 Å². The van der Waals surface area contributed by atoms with Crippen molar-refractivity contribution in [3.05, 3.63) is 77.1 Å². The highest BCUT2D eigenvalue weighted by atomic mass is 19.2. The van der Waals surface area contributed by atoms with Gasteiger partial charge in [-0.1, -0.05) is 44.0 Å². The maximum absolute atomic E-state index is 14.9. The number of methoxy groups -OCH3 is 1. The predicted octanol–water partition coefficient (Wildman–Crippen LogP) is 7.49. The minimum Gasteiger partial charge on any atom is -0.497 e. The van der Waals surface area contributed by atoms with Crippen LogP contribution in [0.5, 0.6) is 5.75 Å². The van der Waals surface area contributed by atoms with Gasteiger partial charge >= 0.3 is 0 Å². The Bertz CT molecular complexity index is 991. The van der Waals surface area contributed by atoms with Crippen LogP contribution in [0.25, 0.3) is 22.4 Å². The van der Waals surface area contributed by atoms with Crippen LogP contribution in [0, 0.1) is 5.82 Å². The summed E-state index contributed by atoms with van der Waals surface area (Å²) in [5, 5.41) is 0.974. The van der Waals surface area contributed by atoms with Gasteiger partial charge in [0.15, 0.2) is 11.7 Å². The number of hydrogen-bond donors (Lipinski definition) is 0. The summed E-state index contributed by atoms with van der Waals surface area (Å²) in [6, 6.07) is 14.2. The number of unbranched alkanes of at least 4 members (excludes halogenated alkanes) is 2. The number of benzene rings is 3. The quantitative estimate of drug-likeness (QED) is 0.303. The Morgan fingerprint density at radius 2 is 1.64 bits per heavy atom. The summed E-state index contributed by atoms with van der Waals surface area (Å²) in [6.45, 7) is 2.14. The molecule has 0 saturated carbocycles. The Balaban J connectivity index is 1.95. The van der Waals surface area contributed by atoms with Gasteiger partial charge in [0.1, 0.15) is 11.6 Å². The van der Waals surface area contributed by atoms with Crippen molar-refractivity contribution in [3.63, 3.8) is 0 Å². The van der Waals surface area contributed by atoms with Gasteiger partial charge in [-0.15, -0.1) is 0 Å². The van der Waals surface area contributed by atoms with E-state index in [-0.39, 0.29) is 16.5 Å². The highest BCUT2D eigenvalue weighted by Crippen LogP contribution is 2.34. The largest absolute Gasteiger partial charge is 0.497 e. The predicted molar refractivity (Wildman–Crippen MR) is 109 cm³/mol. The molecule has 0 aliphatic carbocycles. The third kappa shape index (κ3) is 4.22. The van der Waals surface area contributed by atoms with E-state index in [4.69, 9.17) is 4.74 Å². The number of aryl methyl sites for hydroxylation is 1. The Kier molecular flexibility index (Phi) is 6.40. The number of fused-ring (bicyclic) bond motifs is 1. The third-order valence-electron chi connectivity index (χ3n) is 4.86.